The molecule has 2 aliphatic heterocycles. The van der Waals surface area contributed by atoms with E-state index in [1.807, 2.05) is 13.8 Å². The Labute approximate surface area is 183 Å². The second-order valence-corrected chi connectivity index (χ2v) is 7.89. The molecule has 0 saturated heterocycles. The molecule has 0 spiro atoms. The van der Waals surface area contributed by atoms with E-state index in [9.17, 15) is 19.1 Å². The number of nitrogens with one attached hydrogen (secondary N) is 2. The Kier molecular flexibility index (Phi) is 5.43. The average molecular weight is 439 g/mol. The second kappa shape index (κ2) is 8.08. The van der Waals surface area contributed by atoms with E-state index in [2.05, 4.69) is 20.4 Å². The fourth-order valence-electron chi connectivity index (χ4n) is 3.74. The molecule has 32 heavy (non-hydrogen) atoms. The molecule has 0 saturated carbocycles. The van der Waals surface area contributed by atoms with E-state index in [0.29, 0.717) is 22.8 Å². The van der Waals surface area contributed by atoms with Crippen LogP contribution in [-0.2, 0) is 19.1 Å². The number of aliphatic hydroxyl groups is 1. The van der Waals surface area contributed by atoms with Crippen LogP contribution in [0.4, 0.5) is 15.9 Å². The van der Waals surface area contributed by atoms with E-state index in [0.717, 1.165) is 11.1 Å². The van der Waals surface area contributed by atoms with Gasteiger partial charge in [0.2, 0.25) is 0 Å². The summed E-state index contributed by atoms with van der Waals surface area (Å²) < 4.78 is 24.5. The van der Waals surface area contributed by atoms with Crippen LogP contribution in [0.25, 0.3) is 11.1 Å². The molecule has 0 radical (unpaired) electrons. The molecule has 3 N–H and O–H groups in total. The molecule has 0 bridgehead atoms. The van der Waals surface area contributed by atoms with Gasteiger partial charge in [-0.15, -0.1) is 0 Å². The van der Waals surface area contributed by atoms with Crippen LogP contribution in [0.1, 0.15) is 25.0 Å². The summed E-state index contributed by atoms with van der Waals surface area (Å²) in [6.07, 6.45) is 3.35. The number of allylic oxidation sites excluding steroid dienone is 1. The lowest BCUT2D eigenvalue weighted by Crippen LogP contribution is -2.34. The van der Waals surface area contributed by atoms with Crippen molar-refractivity contribution >= 4 is 34.5 Å². The van der Waals surface area contributed by atoms with Crippen molar-refractivity contribution < 1.29 is 28.6 Å². The molecule has 1 amide bonds. The highest BCUT2D eigenvalue weighted by molar-refractivity contribution is 6.32. The number of carbonyl (C=O) groups excluding carboxylic acids is 2. The number of anilines is 2. The zero-order chi connectivity index (χ0) is 23.0. The smallest absolute Gasteiger partial charge is 0.330 e. The number of pyridine rings is 1. The van der Waals surface area contributed by atoms with Gasteiger partial charge in [-0.05, 0) is 50.3 Å². The highest BCUT2D eigenvalue weighted by atomic mass is 19.1. The molecule has 1 atom stereocenters. The molecule has 0 aliphatic carbocycles. The Morgan fingerprint density at radius 1 is 1.34 bits per heavy atom. The minimum atomic E-state index is -0.929. The van der Waals surface area contributed by atoms with Gasteiger partial charge in [0.1, 0.15) is 29.0 Å². The molecule has 8 nitrogen and oxygen atoms in total. The molecule has 1 aromatic heterocycles. The number of rotatable bonds is 5. The van der Waals surface area contributed by atoms with Crippen molar-refractivity contribution in [3.8, 4) is 0 Å². The maximum Gasteiger partial charge on any atom is 0.330 e. The summed E-state index contributed by atoms with van der Waals surface area (Å²) in [4.78, 5) is 28.5. The maximum atomic E-state index is 13.8. The first-order valence-electron chi connectivity index (χ1n) is 9.92. The quantitative estimate of drug-likeness (QED) is 0.485. The van der Waals surface area contributed by atoms with Crippen LogP contribution in [0, 0.1) is 5.82 Å². The van der Waals surface area contributed by atoms with Crippen LogP contribution >= 0.6 is 0 Å². The number of aromatic nitrogens is 1. The molecule has 2 aliphatic rings. The number of methoxy groups -OCH3 is 1. The van der Waals surface area contributed by atoms with E-state index in [-0.39, 0.29) is 11.5 Å². The summed E-state index contributed by atoms with van der Waals surface area (Å²) >= 11 is 0. The summed E-state index contributed by atoms with van der Waals surface area (Å²) in [6, 6.07) is 6.63. The third-order valence-electron chi connectivity index (χ3n) is 5.33. The lowest BCUT2D eigenvalue weighted by atomic mass is 9.93. The van der Waals surface area contributed by atoms with Crippen molar-refractivity contribution in [1.82, 2.24) is 4.98 Å². The first kappa shape index (κ1) is 21.5. The van der Waals surface area contributed by atoms with Gasteiger partial charge in [0.25, 0.3) is 5.91 Å². The average Bonchev–Trinajstić information content (AvgIpc) is 3.26. The van der Waals surface area contributed by atoms with E-state index < -0.39 is 30.0 Å². The zero-order valence-electron chi connectivity index (χ0n) is 17.7. The third-order valence-corrected chi connectivity index (χ3v) is 5.33. The molecule has 9 heteroatoms. The Balaban J connectivity index is 1.67. The van der Waals surface area contributed by atoms with Crippen molar-refractivity contribution in [1.29, 1.82) is 0 Å². The molecule has 166 valence electrons. The number of nitrogens with zero attached hydrogens (tertiary/aromatic N) is 1. The molecule has 0 fully saturated rings. The van der Waals surface area contributed by atoms with Gasteiger partial charge in [0.05, 0.1) is 19.3 Å². The van der Waals surface area contributed by atoms with Crippen LogP contribution in [0.15, 0.2) is 48.4 Å². The van der Waals surface area contributed by atoms with Crippen molar-refractivity contribution in [2.45, 2.75) is 25.5 Å². The number of benzene rings is 1. The van der Waals surface area contributed by atoms with Crippen molar-refractivity contribution in [3.63, 3.8) is 0 Å². The van der Waals surface area contributed by atoms with Crippen LogP contribution in [0.3, 0.4) is 0 Å². The Hall–Kier alpha value is -3.72. The van der Waals surface area contributed by atoms with E-state index in [1.54, 1.807) is 24.4 Å². The topological polar surface area (TPSA) is 110 Å². The fourth-order valence-corrected chi connectivity index (χ4v) is 3.74. The monoisotopic (exact) mass is 439 g/mol. The van der Waals surface area contributed by atoms with Crippen LogP contribution in [-0.4, -0.2) is 47.3 Å². The minimum Gasteiger partial charge on any atom is -0.482 e. The number of amides is 1. The number of aliphatic hydroxyl groups excluding tert-OH is 1. The fraction of sp³-hybridized carbons (Fsp3) is 0.261. The van der Waals surface area contributed by atoms with Crippen LogP contribution < -0.4 is 10.6 Å². The number of hydrogen-bond donors (Lipinski definition) is 3. The van der Waals surface area contributed by atoms with Crippen molar-refractivity contribution in [2.75, 3.05) is 24.4 Å². The van der Waals surface area contributed by atoms with Crippen molar-refractivity contribution in [3.05, 3.63) is 65.3 Å². The molecule has 3 heterocycles. The first-order chi connectivity index (χ1) is 15.2. The van der Waals surface area contributed by atoms with Gasteiger partial charge in [0, 0.05) is 28.6 Å². The Morgan fingerprint density at radius 3 is 2.78 bits per heavy atom. The lowest BCUT2D eigenvalue weighted by Gasteiger charge is -2.23. The zero-order valence-corrected chi connectivity index (χ0v) is 17.7. The molecule has 4 rings (SSSR count). The number of ether oxygens (including phenoxy) is 2. The highest BCUT2D eigenvalue weighted by Gasteiger charge is 2.38. The number of hydrogen-bond acceptors (Lipinski definition) is 7. The van der Waals surface area contributed by atoms with Gasteiger partial charge < -0.3 is 25.2 Å². The van der Waals surface area contributed by atoms with E-state index >= 15 is 0 Å². The largest absolute Gasteiger partial charge is 0.482 e. The number of fused-ring (bicyclic) bond motifs is 1. The van der Waals surface area contributed by atoms with Gasteiger partial charge in [-0.25, -0.2) is 14.2 Å². The SMILES string of the molecule is COC(=O)[C@H](CO)Nc1ccc(C2=CC(=C3C(=O)Nc4ccc(F)cc43)OC2(C)C)cn1. The van der Waals surface area contributed by atoms with Gasteiger partial charge in [0.15, 0.2) is 0 Å². The Bertz CT molecular complexity index is 1150. The summed E-state index contributed by atoms with van der Waals surface area (Å²) in [5.74, 6) is -0.673. The summed E-state index contributed by atoms with van der Waals surface area (Å²) in [7, 11) is 1.24. The van der Waals surface area contributed by atoms with Crippen LogP contribution in [0.5, 0.6) is 0 Å². The predicted molar refractivity (Wildman–Crippen MR) is 116 cm³/mol. The highest BCUT2D eigenvalue weighted by Crippen LogP contribution is 2.44. The Morgan fingerprint density at radius 2 is 2.12 bits per heavy atom. The van der Waals surface area contributed by atoms with Gasteiger partial charge in [-0.1, -0.05) is 0 Å². The normalized spacial score (nSPS) is 19.5. The van der Waals surface area contributed by atoms with E-state index in [1.165, 1.54) is 25.3 Å². The molecular formula is C23H22FN3O5. The van der Waals surface area contributed by atoms with Crippen molar-refractivity contribution in [2.24, 2.45) is 0 Å². The summed E-state index contributed by atoms with van der Waals surface area (Å²) in [5, 5.41) is 14.9. The summed E-state index contributed by atoms with van der Waals surface area (Å²) in [6.45, 7) is 3.27. The number of carbonyl (C=O) groups is 2. The maximum absolute atomic E-state index is 13.8. The molecule has 2 aromatic rings. The second-order valence-electron chi connectivity index (χ2n) is 7.89. The van der Waals surface area contributed by atoms with E-state index in [4.69, 9.17) is 4.74 Å². The standard InChI is InChI=1S/C23H22FN3O5/c1-23(2)15(12-4-7-19(25-10-12)26-17(11-28)22(30)31-3)9-18(32-23)20-14-8-13(24)5-6-16(14)27-21(20)29/h4-10,17,28H,11H2,1-3H3,(H,25,26)(H,27,29)/t17-/m0/s1. The third kappa shape index (κ3) is 3.82. The van der Waals surface area contributed by atoms with Gasteiger partial charge in [-0.2, -0.15) is 0 Å². The minimum absolute atomic E-state index is 0.276. The molecular weight excluding hydrogens is 417 g/mol. The molecule has 0 unspecified atom stereocenters. The summed E-state index contributed by atoms with van der Waals surface area (Å²) in [5.41, 5.74) is 2.01. The first-order valence-corrected chi connectivity index (χ1v) is 9.92. The van der Waals surface area contributed by atoms with Crippen LogP contribution in [0.2, 0.25) is 0 Å². The van der Waals surface area contributed by atoms with Gasteiger partial charge >= 0.3 is 5.97 Å². The van der Waals surface area contributed by atoms with Gasteiger partial charge in [-0.3, -0.25) is 4.79 Å². The predicted octanol–water partition coefficient (Wildman–Crippen LogP) is 2.72. The number of esters is 1. The number of halogens is 1. The lowest BCUT2D eigenvalue weighted by molar-refractivity contribution is -0.142. The molecule has 1 aromatic carbocycles.